The van der Waals surface area contributed by atoms with Gasteiger partial charge in [0.15, 0.2) is 6.29 Å². The lowest BCUT2D eigenvalue weighted by molar-refractivity contribution is -0.0956. The Bertz CT molecular complexity index is 756. The molecule has 2 aliphatic rings. The SMILES string of the molecule is CCNS(=O)(=O)c1ccc(F)c(C(=O)N2CCC(C3OCCO3)CC2)c1. The van der Waals surface area contributed by atoms with Gasteiger partial charge in [0.25, 0.3) is 5.91 Å². The molecule has 2 aliphatic heterocycles. The maximum Gasteiger partial charge on any atom is 0.256 e. The molecule has 0 aliphatic carbocycles. The van der Waals surface area contributed by atoms with Gasteiger partial charge in [0.05, 0.1) is 23.7 Å². The van der Waals surface area contributed by atoms with E-state index < -0.39 is 21.7 Å². The van der Waals surface area contributed by atoms with E-state index in [-0.39, 0.29) is 29.2 Å². The fraction of sp³-hybridized carbons (Fsp3) is 0.588. The molecule has 0 saturated carbocycles. The summed E-state index contributed by atoms with van der Waals surface area (Å²) in [6.45, 7) is 3.94. The van der Waals surface area contributed by atoms with Gasteiger partial charge in [-0.3, -0.25) is 4.79 Å². The summed E-state index contributed by atoms with van der Waals surface area (Å²) in [5.74, 6) is -1.01. The highest BCUT2D eigenvalue weighted by molar-refractivity contribution is 7.89. The van der Waals surface area contributed by atoms with E-state index in [9.17, 15) is 17.6 Å². The second-order valence-electron chi connectivity index (χ2n) is 6.38. The molecular weight excluding hydrogens is 363 g/mol. The summed E-state index contributed by atoms with van der Waals surface area (Å²) in [4.78, 5) is 14.1. The number of rotatable bonds is 5. The fourth-order valence-corrected chi connectivity index (χ4v) is 4.37. The third-order valence-corrected chi connectivity index (χ3v) is 6.22. The maximum atomic E-state index is 14.2. The number of piperidine rings is 1. The number of halogens is 1. The first-order valence-electron chi connectivity index (χ1n) is 8.74. The number of carbonyl (C=O) groups is 1. The van der Waals surface area contributed by atoms with Gasteiger partial charge in [-0.05, 0) is 31.0 Å². The third-order valence-electron chi connectivity index (χ3n) is 4.67. The average Bonchev–Trinajstić information content (AvgIpc) is 3.16. The molecule has 0 aromatic heterocycles. The number of hydrogen-bond acceptors (Lipinski definition) is 5. The number of ether oxygens (including phenoxy) is 2. The number of benzene rings is 1. The van der Waals surface area contributed by atoms with Crippen molar-refractivity contribution in [1.29, 1.82) is 0 Å². The molecule has 1 N–H and O–H groups in total. The summed E-state index contributed by atoms with van der Waals surface area (Å²) in [5, 5.41) is 0. The number of likely N-dealkylation sites (tertiary alicyclic amines) is 1. The third kappa shape index (κ3) is 4.06. The number of nitrogens with zero attached hydrogens (tertiary/aromatic N) is 1. The smallest absolute Gasteiger partial charge is 0.256 e. The summed E-state index contributed by atoms with van der Waals surface area (Å²) in [6, 6.07) is 3.28. The van der Waals surface area contributed by atoms with Gasteiger partial charge in [-0.15, -0.1) is 0 Å². The lowest BCUT2D eigenvalue weighted by atomic mass is 9.95. The quantitative estimate of drug-likeness (QED) is 0.826. The molecule has 0 spiro atoms. The van der Waals surface area contributed by atoms with Crippen molar-refractivity contribution >= 4 is 15.9 Å². The summed E-state index contributed by atoms with van der Waals surface area (Å²) >= 11 is 0. The molecule has 3 rings (SSSR count). The van der Waals surface area contributed by atoms with Gasteiger partial charge < -0.3 is 14.4 Å². The minimum Gasteiger partial charge on any atom is -0.350 e. The van der Waals surface area contributed by atoms with Crippen LogP contribution in [0, 0.1) is 11.7 Å². The Balaban J connectivity index is 1.72. The van der Waals surface area contributed by atoms with E-state index in [1.54, 1.807) is 11.8 Å². The number of sulfonamides is 1. The van der Waals surface area contributed by atoms with Gasteiger partial charge in [-0.1, -0.05) is 6.92 Å². The van der Waals surface area contributed by atoms with E-state index >= 15 is 0 Å². The van der Waals surface area contributed by atoms with Crippen molar-refractivity contribution in [2.24, 2.45) is 5.92 Å². The summed E-state index contributed by atoms with van der Waals surface area (Å²) in [5.41, 5.74) is -0.226. The zero-order valence-electron chi connectivity index (χ0n) is 14.6. The normalized spacial score (nSPS) is 19.8. The van der Waals surface area contributed by atoms with Gasteiger partial charge in [-0.25, -0.2) is 17.5 Å². The van der Waals surface area contributed by atoms with Crippen LogP contribution in [0.2, 0.25) is 0 Å². The summed E-state index contributed by atoms with van der Waals surface area (Å²) in [6.07, 6.45) is 1.18. The van der Waals surface area contributed by atoms with Crippen molar-refractivity contribution in [3.8, 4) is 0 Å². The second kappa shape index (κ2) is 7.99. The van der Waals surface area contributed by atoms with Crippen molar-refractivity contribution in [1.82, 2.24) is 9.62 Å². The van der Waals surface area contributed by atoms with Crippen LogP contribution in [0.25, 0.3) is 0 Å². The van der Waals surface area contributed by atoms with Crippen molar-refractivity contribution < 1.29 is 27.1 Å². The van der Waals surface area contributed by atoms with Crippen molar-refractivity contribution in [3.63, 3.8) is 0 Å². The maximum absolute atomic E-state index is 14.2. The Morgan fingerprint density at radius 3 is 2.54 bits per heavy atom. The van der Waals surface area contributed by atoms with E-state index in [1.165, 1.54) is 0 Å². The van der Waals surface area contributed by atoms with Crippen molar-refractivity contribution in [2.75, 3.05) is 32.8 Å². The summed E-state index contributed by atoms with van der Waals surface area (Å²) < 4.78 is 51.7. The van der Waals surface area contributed by atoms with E-state index in [0.717, 1.165) is 18.2 Å². The topological polar surface area (TPSA) is 84.9 Å². The zero-order valence-corrected chi connectivity index (χ0v) is 15.4. The molecule has 1 amide bonds. The second-order valence-corrected chi connectivity index (χ2v) is 8.15. The lowest BCUT2D eigenvalue weighted by Crippen LogP contribution is -2.41. The van der Waals surface area contributed by atoms with Crippen LogP contribution in [-0.2, 0) is 19.5 Å². The molecule has 1 aromatic carbocycles. The van der Waals surface area contributed by atoms with Crippen LogP contribution in [0.5, 0.6) is 0 Å². The Kier molecular flexibility index (Phi) is 5.91. The van der Waals surface area contributed by atoms with Gasteiger partial charge in [0.2, 0.25) is 10.0 Å². The average molecular weight is 386 g/mol. The first-order valence-corrected chi connectivity index (χ1v) is 10.2. The molecular formula is C17H23FN2O5S. The zero-order chi connectivity index (χ0) is 18.7. The van der Waals surface area contributed by atoms with Crippen LogP contribution in [0.1, 0.15) is 30.1 Å². The molecule has 0 bridgehead atoms. The highest BCUT2D eigenvalue weighted by atomic mass is 32.2. The molecule has 2 saturated heterocycles. The molecule has 0 unspecified atom stereocenters. The Morgan fingerprint density at radius 1 is 1.27 bits per heavy atom. The lowest BCUT2D eigenvalue weighted by Gasteiger charge is -2.34. The molecule has 26 heavy (non-hydrogen) atoms. The van der Waals surface area contributed by atoms with E-state index in [2.05, 4.69) is 4.72 Å². The predicted molar refractivity (Wildman–Crippen MR) is 91.6 cm³/mol. The van der Waals surface area contributed by atoms with Crippen LogP contribution >= 0.6 is 0 Å². The van der Waals surface area contributed by atoms with Gasteiger partial charge in [0.1, 0.15) is 5.82 Å². The van der Waals surface area contributed by atoms with E-state index in [0.29, 0.717) is 39.1 Å². The molecule has 0 atom stereocenters. The Labute approximate surface area is 152 Å². The monoisotopic (exact) mass is 386 g/mol. The predicted octanol–water partition coefficient (Wildman–Crippen LogP) is 1.35. The van der Waals surface area contributed by atoms with Crippen molar-refractivity contribution in [3.05, 3.63) is 29.6 Å². The molecule has 7 nitrogen and oxygen atoms in total. The number of nitrogens with one attached hydrogen (secondary N) is 1. The van der Waals surface area contributed by atoms with Crippen LogP contribution in [0.15, 0.2) is 23.1 Å². The number of hydrogen-bond donors (Lipinski definition) is 1. The largest absolute Gasteiger partial charge is 0.350 e. The first kappa shape index (κ1) is 19.2. The molecule has 2 fully saturated rings. The van der Waals surface area contributed by atoms with Gasteiger partial charge in [-0.2, -0.15) is 0 Å². The Hall–Kier alpha value is -1.55. The fourth-order valence-electron chi connectivity index (χ4n) is 3.30. The molecule has 144 valence electrons. The number of carbonyl (C=O) groups excluding carboxylic acids is 1. The van der Waals surface area contributed by atoms with Crippen LogP contribution in [-0.4, -0.2) is 58.4 Å². The van der Waals surface area contributed by atoms with Crippen LogP contribution in [0.4, 0.5) is 4.39 Å². The highest BCUT2D eigenvalue weighted by Crippen LogP contribution is 2.27. The van der Waals surface area contributed by atoms with Gasteiger partial charge >= 0.3 is 0 Å². The van der Waals surface area contributed by atoms with E-state index in [1.807, 2.05) is 0 Å². The van der Waals surface area contributed by atoms with Crippen LogP contribution < -0.4 is 4.72 Å². The van der Waals surface area contributed by atoms with Gasteiger partial charge in [0, 0.05) is 25.6 Å². The molecule has 9 heteroatoms. The highest BCUT2D eigenvalue weighted by Gasteiger charge is 2.32. The Morgan fingerprint density at radius 2 is 1.92 bits per heavy atom. The molecule has 2 heterocycles. The number of amides is 1. The van der Waals surface area contributed by atoms with E-state index in [4.69, 9.17) is 9.47 Å². The van der Waals surface area contributed by atoms with Crippen molar-refractivity contribution in [2.45, 2.75) is 31.0 Å². The first-order chi connectivity index (χ1) is 12.4. The van der Waals surface area contributed by atoms with Crippen LogP contribution in [0.3, 0.4) is 0 Å². The minimum atomic E-state index is -3.75. The summed E-state index contributed by atoms with van der Waals surface area (Å²) in [7, 11) is -3.75. The molecule has 1 aromatic rings. The molecule has 0 radical (unpaired) electrons. The minimum absolute atomic E-state index is 0.119. The standard InChI is InChI=1S/C17H23FN2O5S/c1-2-19-26(22,23)13-3-4-15(18)14(11-13)16(21)20-7-5-12(6-8-20)17-24-9-10-25-17/h3-4,11-12,17,19H,2,5-10H2,1H3.